The van der Waals surface area contributed by atoms with Crippen molar-refractivity contribution >= 4 is 29.1 Å². The van der Waals surface area contributed by atoms with Crippen LogP contribution in [0.3, 0.4) is 0 Å². The van der Waals surface area contributed by atoms with Gasteiger partial charge in [0.15, 0.2) is 0 Å². The normalized spacial score (nSPS) is 15.9. The largest absolute Gasteiger partial charge is 0.378 e. The number of hydrogen-bond donors (Lipinski definition) is 1. The average Bonchev–Trinajstić information content (AvgIpc) is 2.47. The third kappa shape index (κ3) is 5.81. The molecule has 1 heterocycles. The third-order valence-electron chi connectivity index (χ3n) is 3.54. The van der Waals surface area contributed by atoms with Gasteiger partial charge in [0.25, 0.3) is 5.91 Å². The molecular weight excluding hydrogens is 311 g/mol. The second kappa shape index (κ2) is 8.57. The van der Waals surface area contributed by atoms with Gasteiger partial charge in [0, 0.05) is 18.7 Å². The maximum atomic E-state index is 11.9. The van der Waals surface area contributed by atoms with Crippen LogP contribution >= 0.6 is 23.2 Å². The van der Waals surface area contributed by atoms with Gasteiger partial charge < -0.3 is 10.1 Å². The topological polar surface area (TPSA) is 51.2 Å². The summed E-state index contributed by atoms with van der Waals surface area (Å²) in [5.74, 6) is -0.195. The molecule has 2 rings (SSSR count). The number of aromatic nitrogens is 1. The van der Waals surface area contributed by atoms with E-state index in [1.807, 2.05) is 0 Å². The predicted molar refractivity (Wildman–Crippen MR) is 84.0 cm³/mol. The lowest BCUT2D eigenvalue weighted by Gasteiger charge is -2.21. The summed E-state index contributed by atoms with van der Waals surface area (Å²) in [6.07, 6.45) is 7.41. The number of nitrogens with zero attached hydrogens (tertiary/aromatic N) is 1. The second-order valence-corrected chi connectivity index (χ2v) is 6.02. The Morgan fingerprint density at radius 2 is 1.90 bits per heavy atom. The molecule has 1 amide bonds. The fraction of sp³-hybridized carbons (Fsp3) is 0.600. The zero-order valence-electron chi connectivity index (χ0n) is 11.9. The molecule has 1 aliphatic rings. The molecule has 1 aromatic rings. The van der Waals surface area contributed by atoms with E-state index in [1.165, 1.54) is 44.2 Å². The number of carbonyl (C=O) groups excluding carboxylic acids is 1. The smallest absolute Gasteiger partial charge is 0.251 e. The fourth-order valence-electron chi connectivity index (χ4n) is 2.45. The number of halogens is 2. The summed E-state index contributed by atoms with van der Waals surface area (Å²) in [6.45, 7) is 1.26. The quantitative estimate of drug-likeness (QED) is 0.636. The average molecular weight is 331 g/mol. The van der Waals surface area contributed by atoms with Crippen molar-refractivity contribution in [1.82, 2.24) is 10.3 Å². The van der Waals surface area contributed by atoms with Gasteiger partial charge in [0.2, 0.25) is 0 Å². The van der Waals surface area contributed by atoms with Crippen LogP contribution in [-0.4, -0.2) is 30.1 Å². The summed E-state index contributed by atoms with van der Waals surface area (Å²) < 4.78 is 5.81. The van der Waals surface area contributed by atoms with Crippen LogP contribution < -0.4 is 5.32 Å². The Bertz CT molecular complexity index is 456. The first kappa shape index (κ1) is 16.5. The van der Waals surface area contributed by atoms with Crippen LogP contribution in [0.4, 0.5) is 0 Å². The van der Waals surface area contributed by atoms with E-state index in [9.17, 15) is 4.79 Å². The van der Waals surface area contributed by atoms with Crippen molar-refractivity contribution in [2.75, 3.05) is 13.2 Å². The molecule has 1 N–H and O–H groups in total. The van der Waals surface area contributed by atoms with Crippen LogP contribution in [-0.2, 0) is 4.74 Å². The van der Waals surface area contributed by atoms with Gasteiger partial charge in [0.05, 0.1) is 6.10 Å². The van der Waals surface area contributed by atoms with Crippen molar-refractivity contribution in [2.24, 2.45) is 0 Å². The van der Waals surface area contributed by atoms with Gasteiger partial charge in [-0.05, 0) is 31.4 Å². The lowest BCUT2D eigenvalue weighted by atomic mass is 9.98. The van der Waals surface area contributed by atoms with E-state index in [4.69, 9.17) is 27.9 Å². The van der Waals surface area contributed by atoms with E-state index in [0.717, 1.165) is 6.42 Å². The van der Waals surface area contributed by atoms with Gasteiger partial charge in [-0.25, -0.2) is 4.98 Å². The number of nitrogens with one attached hydrogen (secondary N) is 1. The second-order valence-electron chi connectivity index (χ2n) is 5.24. The first-order chi connectivity index (χ1) is 10.1. The highest BCUT2D eigenvalue weighted by Gasteiger charge is 2.13. The Labute approximate surface area is 135 Å². The minimum absolute atomic E-state index is 0.195. The van der Waals surface area contributed by atoms with Crippen molar-refractivity contribution in [3.8, 4) is 0 Å². The molecule has 0 radical (unpaired) electrons. The summed E-state index contributed by atoms with van der Waals surface area (Å²) in [7, 11) is 0. The first-order valence-electron chi connectivity index (χ1n) is 7.38. The van der Waals surface area contributed by atoms with Crippen molar-refractivity contribution < 1.29 is 9.53 Å². The molecule has 0 atom stereocenters. The van der Waals surface area contributed by atoms with Crippen LogP contribution in [0.2, 0.25) is 10.3 Å². The van der Waals surface area contributed by atoms with Crippen LogP contribution in [0.15, 0.2) is 12.1 Å². The minimum atomic E-state index is -0.195. The van der Waals surface area contributed by atoms with Gasteiger partial charge in [0.1, 0.15) is 10.3 Å². The standard InChI is InChI=1S/C15H20Cl2N2O2/c16-13-9-11(10-14(17)19-13)15(20)18-7-4-8-21-12-5-2-1-3-6-12/h9-10,12H,1-8H2,(H,18,20). The van der Waals surface area contributed by atoms with Crippen LogP contribution in [0, 0.1) is 0 Å². The summed E-state index contributed by atoms with van der Waals surface area (Å²) in [5, 5.41) is 3.26. The third-order valence-corrected chi connectivity index (χ3v) is 3.92. The van der Waals surface area contributed by atoms with Crippen molar-refractivity contribution in [3.63, 3.8) is 0 Å². The van der Waals surface area contributed by atoms with Crippen LogP contribution in [0.25, 0.3) is 0 Å². The van der Waals surface area contributed by atoms with E-state index in [1.54, 1.807) is 0 Å². The highest BCUT2D eigenvalue weighted by Crippen LogP contribution is 2.20. The van der Waals surface area contributed by atoms with Crippen molar-refractivity contribution in [1.29, 1.82) is 0 Å². The Balaban J connectivity index is 1.64. The molecule has 0 bridgehead atoms. The zero-order valence-corrected chi connectivity index (χ0v) is 13.4. The van der Waals surface area contributed by atoms with Crippen LogP contribution in [0.5, 0.6) is 0 Å². The van der Waals surface area contributed by atoms with Crippen LogP contribution in [0.1, 0.15) is 48.9 Å². The lowest BCUT2D eigenvalue weighted by Crippen LogP contribution is -2.26. The minimum Gasteiger partial charge on any atom is -0.378 e. The zero-order chi connectivity index (χ0) is 15.1. The molecule has 1 aromatic heterocycles. The molecule has 4 nitrogen and oxygen atoms in total. The van der Waals surface area contributed by atoms with Gasteiger partial charge in [-0.2, -0.15) is 0 Å². The van der Waals surface area contributed by atoms with Gasteiger partial charge in [-0.15, -0.1) is 0 Å². The maximum Gasteiger partial charge on any atom is 0.251 e. The molecule has 0 aliphatic heterocycles. The van der Waals surface area contributed by atoms with E-state index < -0.39 is 0 Å². The molecule has 1 aliphatic carbocycles. The van der Waals surface area contributed by atoms with Crippen molar-refractivity contribution in [3.05, 3.63) is 28.0 Å². The Hall–Kier alpha value is -0.840. The molecule has 21 heavy (non-hydrogen) atoms. The van der Waals surface area contributed by atoms with Gasteiger partial charge in [-0.3, -0.25) is 4.79 Å². The summed E-state index contributed by atoms with van der Waals surface area (Å²) in [4.78, 5) is 15.7. The first-order valence-corrected chi connectivity index (χ1v) is 8.13. The predicted octanol–water partition coefficient (Wildman–Crippen LogP) is 3.86. The highest BCUT2D eigenvalue weighted by atomic mass is 35.5. The van der Waals surface area contributed by atoms with E-state index in [0.29, 0.717) is 24.8 Å². The summed E-state index contributed by atoms with van der Waals surface area (Å²) in [5.41, 5.74) is 0.424. The Morgan fingerprint density at radius 3 is 2.57 bits per heavy atom. The van der Waals surface area contributed by atoms with Crippen molar-refractivity contribution in [2.45, 2.75) is 44.6 Å². The molecule has 116 valence electrons. The molecule has 0 aromatic carbocycles. The molecule has 1 saturated carbocycles. The number of hydrogen-bond acceptors (Lipinski definition) is 3. The highest BCUT2D eigenvalue weighted by molar-refractivity contribution is 6.33. The monoisotopic (exact) mass is 330 g/mol. The number of ether oxygens (including phenoxy) is 1. The molecular formula is C15H20Cl2N2O2. The number of carbonyl (C=O) groups is 1. The lowest BCUT2D eigenvalue weighted by molar-refractivity contribution is 0.0273. The van der Waals surface area contributed by atoms with Gasteiger partial charge in [-0.1, -0.05) is 42.5 Å². The van der Waals surface area contributed by atoms with E-state index in [-0.39, 0.29) is 16.2 Å². The number of rotatable bonds is 6. The molecule has 1 fully saturated rings. The number of amides is 1. The Morgan fingerprint density at radius 1 is 1.24 bits per heavy atom. The molecule has 0 unspecified atom stereocenters. The SMILES string of the molecule is O=C(NCCCOC1CCCCC1)c1cc(Cl)nc(Cl)c1. The maximum absolute atomic E-state index is 11.9. The molecule has 0 spiro atoms. The summed E-state index contributed by atoms with van der Waals surface area (Å²) in [6, 6.07) is 3.00. The van der Waals surface area contributed by atoms with E-state index in [2.05, 4.69) is 10.3 Å². The molecule has 6 heteroatoms. The fourth-order valence-corrected chi connectivity index (χ4v) is 2.91. The van der Waals surface area contributed by atoms with Gasteiger partial charge >= 0.3 is 0 Å². The molecule has 0 saturated heterocycles. The summed E-state index contributed by atoms with van der Waals surface area (Å²) >= 11 is 11.5. The van der Waals surface area contributed by atoms with E-state index >= 15 is 0 Å². The Kier molecular flexibility index (Phi) is 6.74. The number of pyridine rings is 1.